The summed E-state index contributed by atoms with van der Waals surface area (Å²) in [6.07, 6.45) is 10.6. The summed E-state index contributed by atoms with van der Waals surface area (Å²) >= 11 is 0. The molecule has 0 N–H and O–H groups in total. The second kappa shape index (κ2) is 4.15. The molecule has 0 saturated heterocycles. The van der Waals surface area contributed by atoms with Crippen molar-refractivity contribution in [1.29, 1.82) is 0 Å². The molecule has 0 radical (unpaired) electrons. The molecule has 0 aliphatic heterocycles. The van der Waals surface area contributed by atoms with E-state index in [0.717, 1.165) is 12.8 Å². The molecule has 1 amide bonds. The zero-order chi connectivity index (χ0) is 10.9. The highest BCUT2D eigenvalue weighted by Gasteiger charge is 2.39. The Labute approximate surface area is 93.0 Å². The summed E-state index contributed by atoms with van der Waals surface area (Å²) in [6, 6.07) is 0. The first-order valence-electron chi connectivity index (χ1n) is 6.34. The fourth-order valence-corrected chi connectivity index (χ4v) is 3.47. The highest BCUT2D eigenvalue weighted by Crippen LogP contribution is 2.50. The van der Waals surface area contributed by atoms with Gasteiger partial charge in [0.1, 0.15) is 0 Å². The standard InChI is InChI=1S/C13H23NO/c1-14(2)12(15)11-5-9-13(10-6-11)7-3-4-8-13/h11H,3-10H2,1-2H3. The summed E-state index contributed by atoms with van der Waals surface area (Å²) in [7, 11) is 3.75. The number of hydrogen-bond donors (Lipinski definition) is 0. The fraction of sp³-hybridized carbons (Fsp3) is 0.923. The third kappa shape index (κ3) is 2.19. The molecule has 2 fully saturated rings. The van der Waals surface area contributed by atoms with Crippen LogP contribution in [0.1, 0.15) is 51.4 Å². The van der Waals surface area contributed by atoms with E-state index in [1.54, 1.807) is 4.90 Å². The monoisotopic (exact) mass is 209 g/mol. The van der Waals surface area contributed by atoms with Crippen LogP contribution in [0.5, 0.6) is 0 Å². The fourth-order valence-electron chi connectivity index (χ4n) is 3.47. The first kappa shape index (κ1) is 11.0. The average molecular weight is 209 g/mol. The van der Waals surface area contributed by atoms with Crippen LogP contribution in [0.3, 0.4) is 0 Å². The van der Waals surface area contributed by atoms with Gasteiger partial charge in [-0.25, -0.2) is 0 Å². The second-order valence-electron chi connectivity index (χ2n) is 5.71. The van der Waals surface area contributed by atoms with E-state index in [-0.39, 0.29) is 0 Å². The van der Waals surface area contributed by atoms with E-state index in [1.807, 2.05) is 14.1 Å². The maximum atomic E-state index is 11.8. The van der Waals surface area contributed by atoms with E-state index < -0.39 is 0 Å². The largest absolute Gasteiger partial charge is 0.349 e. The summed E-state index contributed by atoms with van der Waals surface area (Å²) in [5.74, 6) is 0.675. The van der Waals surface area contributed by atoms with Crippen molar-refractivity contribution in [2.24, 2.45) is 11.3 Å². The van der Waals surface area contributed by atoms with Crippen LogP contribution in [-0.2, 0) is 4.79 Å². The Morgan fingerprint density at radius 2 is 1.60 bits per heavy atom. The topological polar surface area (TPSA) is 20.3 Å². The van der Waals surface area contributed by atoms with E-state index in [1.165, 1.54) is 38.5 Å². The summed E-state index contributed by atoms with van der Waals surface area (Å²) in [4.78, 5) is 13.6. The Hall–Kier alpha value is -0.530. The second-order valence-corrected chi connectivity index (χ2v) is 5.71. The number of carbonyl (C=O) groups excluding carboxylic acids is 1. The van der Waals surface area contributed by atoms with Gasteiger partial charge in [-0.1, -0.05) is 12.8 Å². The number of amides is 1. The Morgan fingerprint density at radius 3 is 2.07 bits per heavy atom. The lowest BCUT2D eigenvalue weighted by molar-refractivity contribution is -0.134. The molecule has 2 aliphatic rings. The molecule has 15 heavy (non-hydrogen) atoms. The lowest BCUT2D eigenvalue weighted by Gasteiger charge is -2.37. The third-order valence-electron chi connectivity index (χ3n) is 4.50. The molecule has 0 aromatic rings. The molecule has 0 bridgehead atoms. The molecule has 2 saturated carbocycles. The molecule has 0 atom stereocenters. The van der Waals surface area contributed by atoms with Crippen molar-refractivity contribution in [1.82, 2.24) is 4.90 Å². The van der Waals surface area contributed by atoms with E-state index in [4.69, 9.17) is 0 Å². The van der Waals surface area contributed by atoms with Gasteiger partial charge in [0, 0.05) is 20.0 Å². The van der Waals surface area contributed by atoms with E-state index in [0.29, 0.717) is 17.2 Å². The summed E-state index contributed by atoms with van der Waals surface area (Å²) in [6.45, 7) is 0. The van der Waals surface area contributed by atoms with Crippen LogP contribution in [0.15, 0.2) is 0 Å². The normalized spacial score (nSPS) is 25.7. The quantitative estimate of drug-likeness (QED) is 0.650. The van der Waals surface area contributed by atoms with Gasteiger partial charge in [0.05, 0.1) is 0 Å². The molecule has 0 unspecified atom stereocenters. The van der Waals surface area contributed by atoms with Gasteiger partial charge in [-0.15, -0.1) is 0 Å². The lowest BCUT2D eigenvalue weighted by Crippen LogP contribution is -2.34. The summed E-state index contributed by atoms with van der Waals surface area (Å²) in [5, 5.41) is 0. The van der Waals surface area contributed by atoms with E-state index >= 15 is 0 Å². The van der Waals surface area contributed by atoms with Gasteiger partial charge in [-0.05, 0) is 43.9 Å². The SMILES string of the molecule is CN(C)C(=O)C1CCC2(CCCC2)CC1. The van der Waals surface area contributed by atoms with Crippen molar-refractivity contribution in [2.45, 2.75) is 51.4 Å². The van der Waals surface area contributed by atoms with Gasteiger partial charge in [0.25, 0.3) is 0 Å². The molecule has 2 rings (SSSR count). The number of nitrogens with zero attached hydrogens (tertiary/aromatic N) is 1. The lowest BCUT2D eigenvalue weighted by atomic mass is 9.69. The molecule has 2 nitrogen and oxygen atoms in total. The molecule has 0 aromatic carbocycles. The molecular weight excluding hydrogens is 186 g/mol. The van der Waals surface area contributed by atoms with Gasteiger partial charge < -0.3 is 4.90 Å². The highest BCUT2D eigenvalue weighted by molar-refractivity contribution is 5.78. The zero-order valence-electron chi connectivity index (χ0n) is 10.1. The smallest absolute Gasteiger partial charge is 0.225 e. The van der Waals surface area contributed by atoms with Crippen LogP contribution in [0, 0.1) is 11.3 Å². The molecule has 0 aromatic heterocycles. The first-order chi connectivity index (χ1) is 7.13. The zero-order valence-corrected chi connectivity index (χ0v) is 10.1. The van der Waals surface area contributed by atoms with Crippen LogP contribution in [0.2, 0.25) is 0 Å². The minimum Gasteiger partial charge on any atom is -0.349 e. The van der Waals surface area contributed by atoms with E-state index in [2.05, 4.69) is 0 Å². The minimum atomic E-state index is 0.325. The predicted octanol–water partition coefficient (Wildman–Crippen LogP) is 2.83. The van der Waals surface area contributed by atoms with Crippen molar-refractivity contribution >= 4 is 5.91 Å². The molecule has 0 heterocycles. The minimum absolute atomic E-state index is 0.325. The summed E-state index contributed by atoms with van der Waals surface area (Å²) in [5.41, 5.74) is 0.656. The Morgan fingerprint density at radius 1 is 1.07 bits per heavy atom. The maximum absolute atomic E-state index is 11.8. The van der Waals surface area contributed by atoms with Crippen molar-refractivity contribution in [2.75, 3.05) is 14.1 Å². The molecule has 86 valence electrons. The van der Waals surface area contributed by atoms with E-state index in [9.17, 15) is 4.79 Å². The van der Waals surface area contributed by atoms with Crippen LogP contribution >= 0.6 is 0 Å². The number of hydrogen-bond acceptors (Lipinski definition) is 1. The number of carbonyl (C=O) groups is 1. The molecular formula is C13H23NO. The van der Waals surface area contributed by atoms with Gasteiger partial charge in [-0.3, -0.25) is 4.79 Å². The van der Waals surface area contributed by atoms with Crippen molar-refractivity contribution < 1.29 is 4.79 Å². The average Bonchev–Trinajstić information content (AvgIpc) is 2.67. The predicted molar refractivity (Wildman–Crippen MR) is 61.6 cm³/mol. The van der Waals surface area contributed by atoms with Crippen LogP contribution in [0.25, 0.3) is 0 Å². The summed E-state index contributed by atoms with van der Waals surface area (Å²) < 4.78 is 0. The van der Waals surface area contributed by atoms with Crippen LogP contribution in [-0.4, -0.2) is 24.9 Å². The Kier molecular flexibility index (Phi) is 3.03. The maximum Gasteiger partial charge on any atom is 0.225 e. The van der Waals surface area contributed by atoms with Crippen LogP contribution in [0.4, 0.5) is 0 Å². The van der Waals surface area contributed by atoms with Crippen molar-refractivity contribution in [3.8, 4) is 0 Å². The van der Waals surface area contributed by atoms with Gasteiger partial charge in [-0.2, -0.15) is 0 Å². The van der Waals surface area contributed by atoms with Gasteiger partial charge in [0.15, 0.2) is 0 Å². The van der Waals surface area contributed by atoms with Crippen LogP contribution < -0.4 is 0 Å². The van der Waals surface area contributed by atoms with Gasteiger partial charge in [0.2, 0.25) is 5.91 Å². The van der Waals surface area contributed by atoms with Gasteiger partial charge >= 0.3 is 0 Å². The Balaban J connectivity index is 1.89. The molecule has 2 aliphatic carbocycles. The Bertz CT molecular complexity index is 231. The third-order valence-corrected chi connectivity index (χ3v) is 4.50. The van der Waals surface area contributed by atoms with Crippen molar-refractivity contribution in [3.05, 3.63) is 0 Å². The first-order valence-corrected chi connectivity index (χ1v) is 6.34. The molecule has 1 spiro atoms. The highest BCUT2D eigenvalue weighted by atomic mass is 16.2. The number of rotatable bonds is 1. The molecule has 2 heteroatoms. The van der Waals surface area contributed by atoms with Crippen molar-refractivity contribution in [3.63, 3.8) is 0 Å².